The van der Waals surface area contributed by atoms with Crippen molar-refractivity contribution >= 4 is 27.3 Å². The van der Waals surface area contributed by atoms with Gasteiger partial charge in [0.25, 0.3) is 10.0 Å². The van der Waals surface area contributed by atoms with Gasteiger partial charge < -0.3 is 5.11 Å². The summed E-state index contributed by atoms with van der Waals surface area (Å²) in [4.78, 5) is 12.4. The predicted octanol–water partition coefficient (Wildman–Crippen LogP) is 2.63. The molecule has 1 aliphatic rings. The van der Waals surface area contributed by atoms with E-state index >= 15 is 0 Å². The number of thiophene rings is 1. The van der Waals surface area contributed by atoms with Gasteiger partial charge in [-0.25, -0.2) is 8.42 Å². The first-order valence-corrected chi connectivity index (χ1v) is 9.29. The molecule has 0 spiro atoms. The number of aryl methyl sites for hydroxylation is 2. The Morgan fingerprint density at radius 1 is 1.38 bits per heavy atom. The summed E-state index contributed by atoms with van der Waals surface area (Å²) in [5.74, 6) is -0.815. The third kappa shape index (κ3) is 2.86. The van der Waals surface area contributed by atoms with Crippen LogP contribution >= 0.6 is 11.3 Å². The van der Waals surface area contributed by atoms with Gasteiger partial charge in [-0.3, -0.25) is 4.79 Å². The van der Waals surface area contributed by atoms with Gasteiger partial charge in [0.15, 0.2) is 0 Å². The molecule has 7 heteroatoms. The summed E-state index contributed by atoms with van der Waals surface area (Å²) < 4.78 is 27.2. The molecule has 0 unspecified atom stereocenters. The van der Waals surface area contributed by atoms with Crippen molar-refractivity contribution in [3.8, 4) is 0 Å². The minimum atomic E-state index is -3.50. The smallest absolute Gasteiger partial charge is 0.309 e. The molecule has 1 saturated heterocycles. The van der Waals surface area contributed by atoms with Crippen LogP contribution in [0.1, 0.15) is 36.6 Å². The molecule has 0 bridgehead atoms. The molecule has 5 nitrogen and oxygen atoms in total. The number of piperidine rings is 1. The Labute approximate surface area is 129 Å². The van der Waals surface area contributed by atoms with Gasteiger partial charge in [0.1, 0.15) is 4.21 Å². The highest BCUT2D eigenvalue weighted by Gasteiger charge is 2.43. The van der Waals surface area contributed by atoms with Crippen LogP contribution in [-0.2, 0) is 14.8 Å². The summed E-state index contributed by atoms with van der Waals surface area (Å²) in [6, 6.07) is 1.87. The van der Waals surface area contributed by atoms with E-state index in [9.17, 15) is 18.3 Å². The van der Waals surface area contributed by atoms with Crippen molar-refractivity contribution in [2.24, 2.45) is 5.41 Å². The second kappa shape index (κ2) is 5.70. The molecule has 0 amide bonds. The average molecular weight is 331 g/mol. The molecule has 2 rings (SSSR count). The molecule has 1 aromatic heterocycles. The van der Waals surface area contributed by atoms with E-state index in [1.165, 1.54) is 15.6 Å². The zero-order valence-electron chi connectivity index (χ0n) is 12.5. The highest BCUT2D eigenvalue weighted by Crippen LogP contribution is 2.38. The summed E-state index contributed by atoms with van der Waals surface area (Å²) in [5, 5.41) is 9.38. The summed E-state index contributed by atoms with van der Waals surface area (Å²) in [6.07, 6.45) is 1.29. The van der Waals surface area contributed by atoms with Crippen LogP contribution in [0.2, 0.25) is 0 Å². The highest BCUT2D eigenvalue weighted by molar-refractivity contribution is 7.91. The van der Waals surface area contributed by atoms with Gasteiger partial charge in [-0.1, -0.05) is 6.92 Å². The Hall–Kier alpha value is -0.920. The van der Waals surface area contributed by atoms with Crippen LogP contribution in [0.15, 0.2) is 10.3 Å². The normalized spacial score (nSPS) is 19.6. The van der Waals surface area contributed by atoms with Crippen molar-refractivity contribution in [1.29, 1.82) is 0 Å². The molecule has 0 aromatic carbocycles. The van der Waals surface area contributed by atoms with Gasteiger partial charge >= 0.3 is 5.97 Å². The van der Waals surface area contributed by atoms with Crippen molar-refractivity contribution in [2.45, 2.75) is 44.2 Å². The second-order valence-corrected chi connectivity index (χ2v) is 9.06. The van der Waals surface area contributed by atoms with Crippen molar-refractivity contribution in [3.63, 3.8) is 0 Å². The third-order valence-corrected chi connectivity index (χ3v) is 8.04. The molecular weight excluding hydrogens is 310 g/mol. The van der Waals surface area contributed by atoms with Crippen molar-refractivity contribution in [3.05, 3.63) is 16.5 Å². The number of hydrogen-bond donors (Lipinski definition) is 1. The SMILES string of the molecule is CCC1(C(=O)O)CCN(S(=O)(=O)c2sc(C)cc2C)CC1. The molecule has 1 aliphatic heterocycles. The topological polar surface area (TPSA) is 74.7 Å². The van der Waals surface area contributed by atoms with E-state index < -0.39 is 21.4 Å². The quantitative estimate of drug-likeness (QED) is 0.920. The van der Waals surface area contributed by atoms with Crippen LogP contribution in [0.25, 0.3) is 0 Å². The Kier molecular flexibility index (Phi) is 4.46. The van der Waals surface area contributed by atoms with Crippen LogP contribution < -0.4 is 0 Å². The standard InChI is InChI=1S/C14H21NO4S2/c1-4-14(13(16)17)5-7-15(8-6-14)21(18,19)12-10(2)9-11(3)20-12/h9H,4-8H2,1-3H3,(H,16,17). The van der Waals surface area contributed by atoms with E-state index in [0.717, 1.165) is 10.4 Å². The van der Waals surface area contributed by atoms with Crippen molar-refractivity contribution < 1.29 is 18.3 Å². The van der Waals surface area contributed by atoms with E-state index in [2.05, 4.69) is 0 Å². The lowest BCUT2D eigenvalue weighted by Crippen LogP contribution is -2.46. The summed E-state index contributed by atoms with van der Waals surface area (Å²) in [5.41, 5.74) is -0.00467. The maximum absolute atomic E-state index is 12.7. The second-order valence-electron chi connectivity index (χ2n) is 5.67. The number of hydrogen-bond acceptors (Lipinski definition) is 4. The minimum absolute atomic E-state index is 0.277. The van der Waals surface area contributed by atoms with Crippen LogP contribution in [0, 0.1) is 19.3 Å². The average Bonchev–Trinajstić information content (AvgIpc) is 2.78. The van der Waals surface area contributed by atoms with Gasteiger partial charge in [-0.15, -0.1) is 11.3 Å². The maximum atomic E-state index is 12.7. The largest absolute Gasteiger partial charge is 0.481 e. The lowest BCUT2D eigenvalue weighted by molar-refractivity contribution is -0.151. The van der Waals surface area contributed by atoms with Crippen molar-refractivity contribution in [1.82, 2.24) is 4.31 Å². The number of aliphatic carboxylic acids is 1. The molecule has 21 heavy (non-hydrogen) atoms. The van der Waals surface area contributed by atoms with Crippen molar-refractivity contribution in [2.75, 3.05) is 13.1 Å². The number of carboxylic acids is 1. The van der Waals surface area contributed by atoms with Gasteiger partial charge in [0.2, 0.25) is 0 Å². The third-order valence-electron chi connectivity index (χ3n) is 4.38. The van der Waals surface area contributed by atoms with E-state index in [1.54, 1.807) is 6.92 Å². The van der Waals surface area contributed by atoms with Gasteiger partial charge in [0, 0.05) is 18.0 Å². The highest BCUT2D eigenvalue weighted by atomic mass is 32.2. The molecule has 0 atom stereocenters. The summed E-state index contributed by atoms with van der Waals surface area (Å²) in [7, 11) is -3.50. The first-order chi connectivity index (χ1) is 9.73. The first kappa shape index (κ1) is 16.5. The monoisotopic (exact) mass is 331 g/mol. The molecule has 2 heterocycles. The van der Waals surface area contributed by atoms with E-state index in [-0.39, 0.29) is 13.1 Å². The van der Waals surface area contributed by atoms with Crippen LogP contribution in [0.3, 0.4) is 0 Å². The number of carbonyl (C=O) groups is 1. The number of carboxylic acid groups (broad SMARTS) is 1. The van der Waals surface area contributed by atoms with Gasteiger partial charge in [-0.05, 0) is 44.7 Å². The molecule has 0 aliphatic carbocycles. The number of rotatable bonds is 4. The fourth-order valence-electron chi connectivity index (χ4n) is 2.87. The minimum Gasteiger partial charge on any atom is -0.481 e. The predicted molar refractivity (Wildman–Crippen MR) is 82.1 cm³/mol. The maximum Gasteiger partial charge on any atom is 0.309 e. The zero-order valence-corrected chi connectivity index (χ0v) is 14.2. The molecule has 1 aromatic rings. The number of nitrogens with zero attached hydrogens (tertiary/aromatic N) is 1. The van der Waals surface area contributed by atoms with E-state index in [4.69, 9.17) is 0 Å². The fraction of sp³-hybridized carbons (Fsp3) is 0.643. The molecule has 0 saturated carbocycles. The van der Waals surface area contributed by atoms with E-state index in [0.29, 0.717) is 23.5 Å². The Bertz CT molecular complexity index is 640. The lowest BCUT2D eigenvalue weighted by Gasteiger charge is -2.37. The Morgan fingerprint density at radius 2 is 1.95 bits per heavy atom. The van der Waals surface area contributed by atoms with Gasteiger partial charge in [0.05, 0.1) is 5.41 Å². The molecule has 118 valence electrons. The molecule has 1 fully saturated rings. The Morgan fingerprint density at radius 3 is 2.33 bits per heavy atom. The Balaban J connectivity index is 2.22. The molecule has 1 N–H and O–H groups in total. The van der Waals surface area contributed by atoms with Crippen LogP contribution in [0.4, 0.5) is 0 Å². The zero-order chi connectivity index (χ0) is 15.8. The lowest BCUT2D eigenvalue weighted by atomic mass is 9.77. The fourth-order valence-corrected chi connectivity index (χ4v) is 6.11. The van der Waals surface area contributed by atoms with Crippen LogP contribution in [0.5, 0.6) is 0 Å². The van der Waals surface area contributed by atoms with E-state index in [1.807, 2.05) is 19.9 Å². The summed E-state index contributed by atoms with van der Waals surface area (Å²) >= 11 is 1.28. The molecule has 0 radical (unpaired) electrons. The van der Waals surface area contributed by atoms with Gasteiger partial charge in [-0.2, -0.15) is 4.31 Å². The van der Waals surface area contributed by atoms with Crippen LogP contribution in [-0.4, -0.2) is 36.9 Å². The molecular formula is C14H21NO4S2. The number of sulfonamides is 1. The summed E-state index contributed by atoms with van der Waals surface area (Å²) in [6.45, 7) is 6.09. The first-order valence-electron chi connectivity index (χ1n) is 7.03.